The van der Waals surface area contributed by atoms with Crippen LogP contribution in [0.25, 0.3) is 0 Å². The molecule has 1 unspecified atom stereocenters. The topological polar surface area (TPSA) is 24.1 Å². The van der Waals surface area contributed by atoms with E-state index in [0.29, 0.717) is 6.04 Å². The van der Waals surface area contributed by atoms with E-state index in [2.05, 4.69) is 48.4 Å². The minimum absolute atomic E-state index is 0.339. The Labute approximate surface area is 111 Å². The monoisotopic (exact) mass is 246 g/mol. The fourth-order valence-corrected chi connectivity index (χ4v) is 2.03. The van der Waals surface area contributed by atoms with E-state index in [1.807, 2.05) is 20.8 Å². The molecule has 1 aliphatic rings. The van der Waals surface area contributed by atoms with Gasteiger partial charge in [0, 0.05) is 30.7 Å². The van der Waals surface area contributed by atoms with Gasteiger partial charge in [0.25, 0.3) is 0 Å². The van der Waals surface area contributed by atoms with E-state index in [9.17, 15) is 0 Å². The summed E-state index contributed by atoms with van der Waals surface area (Å²) >= 11 is 0. The van der Waals surface area contributed by atoms with Gasteiger partial charge in [-0.3, -0.25) is 0 Å². The van der Waals surface area contributed by atoms with Crippen LogP contribution in [-0.2, 0) is 0 Å². The van der Waals surface area contributed by atoms with Crippen LogP contribution in [0.15, 0.2) is 36.5 Å². The molecule has 2 heteroatoms. The third-order valence-electron chi connectivity index (χ3n) is 3.15. The molecule has 100 valence electrons. The van der Waals surface area contributed by atoms with E-state index < -0.39 is 0 Å². The van der Waals surface area contributed by atoms with Crippen LogP contribution in [0.4, 0.5) is 0 Å². The van der Waals surface area contributed by atoms with E-state index in [-0.39, 0.29) is 0 Å². The van der Waals surface area contributed by atoms with Crippen molar-refractivity contribution in [3.63, 3.8) is 0 Å². The second-order valence-corrected chi connectivity index (χ2v) is 4.67. The van der Waals surface area contributed by atoms with Gasteiger partial charge in [-0.15, -0.1) is 0 Å². The highest BCUT2D eigenvalue weighted by molar-refractivity contribution is 5.29. The predicted octanol–water partition coefficient (Wildman–Crippen LogP) is 3.58. The first-order valence-corrected chi connectivity index (χ1v) is 6.89. The number of hydrogen-bond acceptors (Lipinski definition) is 2. The molecule has 1 saturated heterocycles. The van der Waals surface area contributed by atoms with Crippen LogP contribution in [0, 0.1) is 0 Å². The van der Waals surface area contributed by atoms with Gasteiger partial charge in [-0.05, 0) is 25.0 Å². The van der Waals surface area contributed by atoms with Crippen molar-refractivity contribution in [2.24, 2.45) is 0 Å². The molecule has 1 aromatic carbocycles. The van der Waals surface area contributed by atoms with E-state index in [1.165, 1.54) is 11.1 Å². The summed E-state index contributed by atoms with van der Waals surface area (Å²) in [5.74, 6) is 0.721. The zero-order valence-electron chi connectivity index (χ0n) is 12.1. The van der Waals surface area contributed by atoms with Gasteiger partial charge >= 0.3 is 0 Å². The zero-order valence-corrected chi connectivity index (χ0v) is 12.1. The summed E-state index contributed by atoms with van der Waals surface area (Å²) in [6.07, 6.45) is 0. The summed E-state index contributed by atoms with van der Waals surface area (Å²) in [5.41, 5.74) is 3.78. The first kappa shape index (κ1) is 14.8. The largest absolute Gasteiger partial charge is 0.383 e. The zero-order chi connectivity index (χ0) is 13.5. The highest BCUT2D eigenvalue weighted by Crippen LogP contribution is 2.22. The molecule has 18 heavy (non-hydrogen) atoms. The standard InChI is InChI=1S/C14H20N2.C2H6/c1-10(2)16-11(3)12-4-6-13(7-5-12)14-8-15-9-14;1-2/h4-7,11,14-16H,1,8-9H2,2-3H3;1-2H3. The highest BCUT2D eigenvalue weighted by atomic mass is 14.9. The average molecular weight is 246 g/mol. The van der Waals surface area contributed by atoms with Gasteiger partial charge in [0.1, 0.15) is 0 Å². The Morgan fingerprint density at radius 3 is 2.22 bits per heavy atom. The van der Waals surface area contributed by atoms with E-state index in [0.717, 1.165) is 24.7 Å². The van der Waals surface area contributed by atoms with Crippen LogP contribution in [0.5, 0.6) is 0 Å². The Bertz CT molecular complexity index is 363. The molecule has 2 nitrogen and oxygen atoms in total. The molecule has 0 radical (unpaired) electrons. The first-order chi connectivity index (χ1) is 8.66. The van der Waals surface area contributed by atoms with E-state index in [1.54, 1.807) is 0 Å². The van der Waals surface area contributed by atoms with Crippen molar-refractivity contribution >= 4 is 0 Å². The van der Waals surface area contributed by atoms with Crippen molar-refractivity contribution in [3.05, 3.63) is 47.7 Å². The average Bonchev–Trinajstić information content (AvgIpc) is 2.29. The summed E-state index contributed by atoms with van der Waals surface area (Å²) in [5, 5.41) is 6.63. The molecular weight excluding hydrogens is 220 g/mol. The van der Waals surface area contributed by atoms with E-state index in [4.69, 9.17) is 0 Å². The lowest BCUT2D eigenvalue weighted by molar-refractivity contribution is 0.448. The fourth-order valence-electron chi connectivity index (χ4n) is 2.03. The Morgan fingerprint density at radius 2 is 1.83 bits per heavy atom. The van der Waals surface area contributed by atoms with Crippen molar-refractivity contribution in [3.8, 4) is 0 Å². The maximum Gasteiger partial charge on any atom is 0.0482 e. The maximum atomic E-state index is 3.87. The highest BCUT2D eigenvalue weighted by Gasteiger charge is 2.18. The van der Waals surface area contributed by atoms with Gasteiger partial charge in [0.05, 0.1) is 0 Å². The summed E-state index contributed by atoms with van der Waals surface area (Å²) in [6.45, 7) is 14.3. The Hall–Kier alpha value is -1.28. The molecule has 0 amide bonds. The van der Waals surface area contributed by atoms with Crippen molar-refractivity contribution in [2.45, 2.75) is 39.7 Å². The smallest absolute Gasteiger partial charge is 0.0482 e. The number of nitrogens with one attached hydrogen (secondary N) is 2. The third kappa shape index (κ3) is 3.88. The summed E-state index contributed by atoms with van der Waals surface area (Å²) < 4.78 is 0. The summed E-state index contributed by atoms with van der Waals surface area (Å²) in [4.78, 5) is 0. The minimum Gasteiger partial charge on any atom is -0.383 e. The quantitative estimate of drug-likeness (QED) is 0.848. The van der Waals surface area contributed by atoms with Crippen molar-refractivity contribution in [1.29, 1.82) is 0 Å². The Kier molecular flexibility index (Phi) is 5.93. The van der Waals surface area contributed by atoms with Gasteiger partial charge in [0.15, 0.2) is 0 Å². The van der Waals surface area contributed by atoms with Gasteiger partial charge in [-0.25, -0.2) is 0 Å². The molecule has 0 aromatic heterocycles. The van der Waals surface area contributed by atoms with Crippen molar-refractivity contribution in [2.75, 3.05) is 13.1 Å². The number of benzene rings is 1. The molecule has 2 N–H and O–H groups in total. The molecule has 1 heterocycles. The second kappa shape index (κ2) is 7.22. The Balaban J connectivity index is 0.000000771. The van der Waals surface area contributed by atoms with Crippen molar-refractivity contribution in [1.82, 2.24) is 10.6 Å². The van der Waals surface area contributed by atoms with Gasteiger partial charge in [-0.1, -0.05) is 44.7 Å². The second-order valence-electron chi connectivity index (χ2n) is 4.67. The molecule has 0 bridgehead atoms. The molecule has 1 fully saturated rings. The lowest BCUT2D eigenvalue weighted by Gasteiger charge is -2.27. The summed E-state index contributed by atoms with van der Waals surface area (Å²) in [6, 6.07) is 9.27. The van der Waals surface area contributed by atoms with Crippen LogP contribution in [-0.4, -0.2) is 13.1 Å². The van der Waals surface area contributed by atoms with Gasteiger partial charge < -0.3 is 10.6 Å². The van der Waals surface area contributed by atoms with Crippen LogP contribution < -0.4 is 10.6 Å². The molecule has 2 rings (SSSR count). The number of hydrogen-bond donors (Lipinski definition) is 2. The molecule has 1 aliphatic heterocycles. The molecule has 0 spiro atoms. The molecule has 0 aliphatic carbocycles. The van der Waals surface area contributed by atoms with Gasteiger partial charge in [-0.2, -0.15) is 0 Å². The fraction of sp³-hybridized carbons (Fsp3) is 0.500. The summed E-state index contributed by atoms with van der Waals surface area (Å²) in [7, 11) is 0. The lowest BCUT2D eigenvalue weighted by atomic mass is 9.92. The first-order valence-electron chi connectivity index (χ1n) is 6.89. The number of allylic oxidation sites excluding steroid dienone is 1. The molecule has 1 atom stereocenters. The van der Waals surface area contributed by atoms with Crippen LogP contribution in [0.3, 0.4) is 0 Å². The minimum atomic E-state index is 0.339. The van der Waals surface area contributed by atoms with Crippen LogP contribution >= 0.6 is 0 Å². The predicted molar refractivity (Wildman–Crippen MR) is 79.8 cm³/mol. The molecular formula is C16H26N2. The van der Waals surface area contributed by atoms with Crippen LogP contribution in [0.2, 0.25) is 0 Å². The maximum absolute atomic E-state index is 3.87. The molecule has 0 saturated carbocycles. The molecule has 1 aromatic rings. The normalized spacial score (nSPS) is 16.0. The number of rotatable bonds is 4. The van der Waals surface area contributed by atoms with E-state index >= 15 is 0 Å². The Morgan fingerprint density at radius 1 is 1.28 bits per heavy atom. The van der Waals surface area contributed by atoms with Gasteiger partial charge in [0.2, 0.25) is 0 Å². The SMILES string of the molecule is C=C(C)NC(C)c1ccc(C2CNC2)cc1.CC. The van der Waals surface area contributed by atoms with Crippen LogP contribution in [0.1, 0.15) is 50.8 Å². The lowest BCUT2D eigenvalue weighted by Crippen LogP contribution is -2.39. The van der Waals surface area contributed by atoms with Crippen molar-refractivity contribution < 1.29 is 0 Å². The third-order valence-corrected chi connectivity index (χ3v) is 3.15.